The van der Waals surface area contributed by atoms with Crippen LogP contribution < -0.4 is 15.4 Å². The number of ether oxygens (including phenoxy) is 1. The van der Waals surface area contributed by atoms with E-state index < -0.39 is 0 Å². The molecule has 0 spiro atoms. The molecule has 3 rings (SSSR count). The van der Waals surface area contributed by atoms with Gasteiger partial charge in [0, 0.05) is 36.3 Å². The van der Waals surface area contributed by atoms with Gasteiger partial charge in [0.15, 0.2) is 5.82 Å². The van der Waals surface area contributed by atoms with Crippen LogP contribution in [-0.4, -0.2) is 42.7 Å². The molecule has 6 heteroatoms. The van der Waals surface area contributed by atoms with Crippen LogP contribution in [0, 0.1) is 0 Å². The minimum Gasteiger partial charge on any atom is -0.497 e. The number of benzene rings is 1. The Hall–Kier alpha value is -1.79. The van der Waals surface area contributed by atoms with Crippen LogP contribution >= 0.6 is 15.9 Å². The van der Waals surface area contributed by atoms with E-state index in [2.05, 4.69) is 49.8 Å². The zero-order valence-electron chi connectivity index (χ0n) is 14.1. The molecule has 0 saturated carbocycles. The van der Waals surface area contributed by atoms with E-state index in [-0.39, 0.29) is 0 Å². The average Bonchev–Trinajstić information content (AvgIpc) is 2.55. The van der Waals surface area contributed by atoms with Gasteiger partial charge in [-0.1, -0.05) is 19.1 Å². The second-order valence-corrected chi connectivity index (χ2v) is 6.95. The van der Waals surface area contributed by atoms with Crippen LogP contribution in [-0.2, 0) is 6.54 Å². The van der Waals surface area contributed by atoms with Crippen molar-refractivity contribution < 1.29 is 4.74 Å². The number of anilines is 2. The van der Waals surface area contributed by atoms with E-state index >= 15 is 0 Å². The molecule has 128 valence electrons. The van der Waals surface area contributed by atoms with Crippen molar-refractivity contribution in [1.82, 2.24) is 9.88 Å². The van der Waals surface area contributed by atoms with E-state index in [0.717, 1.165) is 47.9 Å². The lowest BCUT2D eigenvalue weighted by molar-refractivity contribution is 0.166. The summed E-state index contributed by atoms with van der Waals surface area (Å²) in [6.07, 6.45) is 1.80. The largest absolute Gasteiger partial charge is 0.497 e. The summed E-state index contributed by atoms with van der Waals surface area (Å²) >= 11 is 3.40. The molecule has 2 N–H and O–H groups in total. The number of hydrogen-bond donors (Lipinski definition) is 1. The van der Waals surface area contributed by atoms with Crippen LogP contribution in [0.3, 0.4) is 0 Å². The minimum atomic E-state index is 0.530. The van der Waals surface area contributed by atoms with Gasteiger partial charge in [0.05, 0.1) is 12.8 Å². The third-order valence-electron chi connectivity index (χ3n) is 4.49. The van der Waals surface area contributed by atoms with Gasteiger partial charge >= 0.3 is 0 Å². The third kappa shape index (κ3) is 3.65. The number of rotatable bonds is 6. The standard InChI is InChI=1S/C18H23BrN4O/c1-3-22(10-13-4-6-16(24-2)7-5-13)15-11-23(12-15)18-17(20)8-14(19)9-21-18/h4-9,15H,3,10-12,20H2,1-2H3. The molecule has 1 saturated heterocycles. The number of hydrogen-bond acceptors (Lipinski definition) is 5. The Morgan fingerprint density at radius 1 is 1.33 bits per heavy atom. The molecule has 24 heavy (non-hydrogen) atoms. The van der Waals surface area contributed by atoms with Gasteiger partial charge in [-0.2, -0.15) is 0 Å². The summed E-state index contributed by atoms with van der Waals surface area (Å²) in [6.45, 7) is 6.10. The van der Waals surface area contributed by atoms with Gasteiger partial charge in [0.25, 0.3) is 0 Å². The maximum absolute atomic E-state index is 6.08. The van der Waals surface area contributed by atoms with E-state index in [1.54, 1.807) is 13.3 Å². The van der Waals surface area contributed by atoms with Crippen LogP contribution in [0.2, 0.25) is 0 Å². The fourth-order valence-electron chi connectivity index (χ4n) is 3.04. The number of likely N-dealkylation sites (N-methyl/N-ethyl adjacent to an activating group) is 1. The molecule has 0 atom stereocenters. The predicted molar refractivity (Wildman–Crippen MR) is 101 cm³/mol. The number of methoxy groups -OCH3 is 1. The first-order chi connectivity index (χ1) is 11.6. The zero-order chi connectivity index (χ0) is 17.1. The molecule has 1 aliphatic heterocycles. The Labute approximate surface area is 151 Å². The number of halogens is 1. The Bertz CT molecular complexity index is 686. The lowest BCUT2D eigenvalue weighted by Gasteiger charge is -2.46. The zero-order valence-corrected chi connectivity index (χ0v) is 15.7. The molecule has 5 nitrogen and oxygen atoms in total. The molecule has 0 aliphatic carbocycles. The molecule has 1 fully saturated rings. The Kier molecular flexibility index (Phi) is 5.26. The van der Waals surface area contributed by atoms with E-state index in [4.69, 9.17) is 10.5 Å². The normalized spacial score (nSPS) is 14.8. The minimum absolute atomic E-state index is 0.530. The summed E-state index contributed by atoms with van der Waals surface area (Å²) in [6, 6.07) is 10.7. The molecule has 0 bridgehead atoms. The van der Waals surface area contributed by atoms with Crippen LogP contribution in [0.15, 0.2) is 41.0 Å². The van der Waals surface area contributed by atoms with Gasteiger partial charge in [-0.25, -0.2) is 4.98 Å². The summed E-state index contributed by atoms with van der Waals surface area (Å²) < 4.78 is 6.13. The fraction of sp³-hybridized carbons (Fsp3) is 0.389. The highest BCUT2D eigenvalue weighted by Crippen LogP contribution is 2.29. The van der Waals surface area contributed by atoms with Crippen LogP contribution in [0.1, 0.15) is 12.5 Å². The van der Waals surface area contributed by atoms with Gasteiger partial charge in [0.2, 0.25) is 0 Å². The van der Waals surface area contributed by atoms with E-state index in [0.29, 0.717) is 6.04 Å². The monoisotopic (exact) mass is 390 g/mol. The quantitative estimate of drug-likeness (QED) is 0.820. The number of nitrogens with two attached hydrogens (primary N) is 1. The molecular formula is C18H23BrN4O. The van der Waals surface area contributed by atoms with Gasteiger partial charge in [0.1, 0.15) is 5.75 Å². The molecule has 0 unspecified atom stereocenters. The van der Waals surface area contributed by atoms with Crippen molar-refractivity contribution in [3.05, 3.63) is 46.6 Å². The van der Waals surface area contributed by atoms with Gasteiger partial charge in [-0.3, -0.25) is 4.90 Å². The van der Waals surface area contributed by atoms with Crippen molar-refractivity contribution in [2.24, 2.45) is 0 Å². The second kappa shape index (κ2) is 7.40. The van der Waals surface area contributed by atoms with Gasteiger partial charge in [-0.15, -0.1) is 0 Å². The van der Waals surface area contributed by atoms with Gasteiger partial charge in [-0.05, 0) is 46.2 Å². The number of nitrogen functional groups attached to an aromatic ring is 1. The van der Waals surface area contributed by atoms with Crippen LogP contribution in [0.5, 0.6) is 5.75 Å². The van der Waals surface area contributed by atoms with Crippen LogP contribution in [0.25, 0.3) is 0 Å². The molecular weight excluding hydrogens is 368 g/mol. The first-order valence-corrected chi connectivity index (χ1v) is 8.93. The van der Waals surface area contributed by atoms with Gasteiger partial charge < -0.3 is 15.4 Å². The lowest BCUT2D eigenvalue weighted by Crippen LogP contribution is -2.59. The fourth-order valence-corrected chi connectivity index (χ4v) is 3.38. The Morgan fingerprint density at radius 2 is 2.04 bits per heavy atom. The molecule has 2 heterocycles. The molecule has 0 radical (unpaired) electrons. The summed E-state index contributed by atoms with van der Waals surface area (Å²) in [7, 11) is 1.69. The van der Waals surface area contributed by atoms with Crippen LogP contribution in [0.4, 0.5) is 11.5 Å². The highest BCUT2D eigenvalue weighted by atomic mass is 79.9. The Balaban J connectivity index is 1.60. The summed E-state index contributed by atoms with van der Waals surface area (Å²) in [5.41, 5.74) is 8.10. The molecule has 2 aromatic rings. The number of aromatic nitrogens is 1. The predicted octanol–water partition coefficient (Wildman–Crippen LogP) is 3.15. The van der Waals surface area contributed by atoms with Crippen molar-refractivity contribution in [3.8, 4) is 5.75 Å². The SMILES string of the molecule is CCN(Cc1ccc(OC)cc1)C1CN(c2ncc(Br)cc2N)C1. The Morgan fingerprint density at radius 3 is 2.62 bits per heavy atom. The highest BCUT2D eigenvalue weighted by Gasteiger charge is 2.32. The first-order valence-electron chi connectivity index (χ1n) is 8.13. The summed E-state index contributed by atoms with van der Waals surface area (Å²) in [5.74, 6) is 1.78. The summed E-state index contributed by atoms with van der Waals surface area (Å²) in [4.78, 5) is 9.18. The van der Waals surface area contributed by atoms with Crippen molar-refractivity contribution in [2.45, 2.75) is 19.5 Å². The topological polar surface area (TPSA) is 54.6 Å². The third-order valence-corrected chi connectivity index (χ3v) is 4.92. The van der Waals surface area contributed by atoms with Crippen molar-refractivity contribution in [3.63, 3.8) is 0 Å². The maximum Gasteiger partial charge on any atom is 0.151 e. The molecule has 1 aromatic heterocycles. The average molecular weight is 391 g/mol. The first kappa shape index (κ1) is 17.0. The van der Waals surface area contributed by atoms with Crippen molar-refractivity contribution in [2.75, 3.05) is 37.4 Å². The van der Waals surface area contributed by atoms with Crippen molar-refractivity contribution in [1.29, 1.82) is 0 Å². The van der Waals surface area contributed by atoms with E-state index in [1.165, 1.54) is 5.56 Å². The van der Waals surface area contributed by atoms with E-state index in [1.807, 2.05) is 18.2 Å². The highest BCUT2D eigenvalue weighted by molar-refractivity contribution is 9.10. The van der Waals surface area contributed by atoms with E-state index in [9.17, 15) is 0 Å². The van der Waals surface area contributed by atoms with Crippen molar-refractivity contribution >= 4 is 27.4 Å². The lowest BCUT2D eigenvalue weighted by atomic mass is 10.1. The number of nitrogens with zero attached hydrogens (tertiary/aromatic N) is 3. The smallest absolute Gasteiger partial charge is 0.151 e. The second-order valence-electron chi connectivity index (χ2n) is 6.04. The molecule has 0 amide bonds. The number of pyridine rings is 1. The maximum atomic E-state index is 6.08. The molecule has 1 aromatic carbocycles. The summed E-state index contributed by atoms with van der Waals surface area (Å²) in [5, 5.41) is 0. The molecule has 1 aliphatic rings.